The highest BCUT2D eigenvalue weighted by Gasteiger charge is 2.01. The molecule has 0 bridgehead atoms. The van der Waals surface area contributed by atoms with Crippen molar-refractivity contribution < 1.29 is 8.78 Å². The van der Waals surface area contributed by atoms with E-state index in [0.717, 1.165) is 11.1 Å². The molecule has 0 fully saturated rings. The third kappa shape index (κ3) is 2.99. The van der Waals surface area contributed by atoms with Gasteiger partial charge >= 0.3 is 0 Å². The highest BCUT2D eigenvalue weighted by atomic mass is 19.3. The van der Waals surface area contributed by atoms with Gasteiger partial charge in [0.2, 0.25) is 6.43 Å². The standard InChI is InChI=1S/C10H12F2/c1-8-2-4-9(5-3-8)6-7-10(11)12/h2-5,10H,6-7H2,1H3. The van der Waals surface area contributed by atoms with Gasteiger partial charge in [-0.1, -0.05) is 29.8 Å². The Bertz CT molecular complexity index is 226. The van der Waals surface area contributed by atoms with E-state index in [1.807, 2.05) is 31.2 Å². The zero-order chi connectivity index (χ0) is 8.97. The first-order valence-corrected chi connectivity index (χ1v) is 4.02. The van der Waals surface area contributed by atoms with Gasteiger partial charge in [-0.15, -0.1) is 0 Å². The molecule has 0 aliphatic heterocycles. The number of alkyl halides is 2. The van der Waals surface area contributed by atoms with Crippen LogP contribution in [0, 0.1) is 6.92 Å². The van der Waals surface area contributed by atoms with Crippen LogP contribution in [-0.2, 0) is 6.42 Å². The molecule has 0 saturated heterocycles. The lowest BCUT2D eigenvalue weighted by Crippen LogP contribution is -1.93. The second kappa shape index (κ2) is 4.19. The Morgan fingerprint density at radius 1 is 1.17 bits per heavy atom. The fourth-order valence-corrected chi connectivity index (χ4v) is 1.03. The second-order valence-electron chi connectivity index (χ2n) is 2.92. The monoisotopic (exact) mass is 170 g/mol. The number of benzene rings is 1. The van der Waals surface area contributed by atoms with Gasteiger partial charge < -0.3 is 0 Å². The van der Waals surface area contributed by atoms with Crippen molar-refractivity contribution in [2.45, 2.75) is 26.2 Å². The molecule has 0 nitrogen and oxygen atoms in total. The molecule has 1 rings (SSSR count). The van der Waals surface area contributed by atoms with Crippen molar-refractivity contribution in [1.29, 1.82) is 0 Å². The Morgan fingerprint density at radius 3 is 2.25 bits per heavy atom. The van der Waals surface area contributed by atoms with Crippen LogP contribution in [0.1, 0.15) is 17.5 Å². The summed E-state index contributed by atoms with van der Waals surface area (Å²) >= 11 is 0. The van der Waals surface area contributed by atoms with Gasteiger partial charge in [-0.3, -0.25) is 0 Å². The molecule has 0 atom stereocenters. The molecule has 2 heteroatoms. The first-order valence-electron chi connectivity index (χ1n) is 4.02. The van der Waals surface area contributed by atoms with Crippen molar-refractivity contribution in [1.82, 2.24) is 0 Å². The first-order chi connectivity index (χ1) is 5.68. The van der Waals surface area contributed by atoms with Crippen molar-refractivity contribution in [3.63, 3.8) is 0 Å². The van der Waals surface area contributed by atoms with Crippen molar-refractivity contribution >= 4 is 0 Å². The smallest absolute Gasteiger partial charge is 0.211 e. The lowest BCUT2D eigenvalue weighted by Gasteiger charge is -2.00. The van der Waals surface area contributed by atoms with Crippen molar-refractivity contribution in [2.24, 2.45) is 0 Å². The van der Waals surface area contributed by atoms with Gasteiger partial charge in [0, 0.05) is 6.42 Å². The highest BCUT2D eigenvalue weighted by molar-refractivity contribution is 5.21. The minimum Gasteiger partial charge on any atom is -0.211 e. The van der Waals surface area contributed by atoms with Gasteiger partial charge in [0.15, 0.2) is 0 Å². The molecule has 0 radical (unpaired) electrons. The third-order valence-corrected chi connectivity index (χ3v) is 1.77. The summed E-state index contributed by atoms with van der Waals surface area (Å²) in [4.78, 5) is 0. The maximum absolute atomic E-state index is 11.8. The zero-order valence-corrected chi connectivity index (χ0v) is 7.06. The van der Waals surface area contributed by atoms with Crippen molar-refractivity contribution in [3.05, 3.63) is 35.4 Å². The molecular formula is C10H12F2. The Labute approximate surface area is 71.2 Å². The fraction of sp³-hybridized carbons (Fsp3) is 0.400. The molecule has 1 aromatic rings. The molecule has 0 aromatic heterocycles. The van der Waals surface area contributed by atoms with Crippen LogP contribution in [0.15, 0.2) is 24.3 Å². The predicted molar refractivity (Wildman–Crippen MR) is 45.5 cm³/mol. The number of hydrogen-bond donors (Lipinski definition) is 0. The third-order valence-electron chi connectivity index (χ3n) is 1.77. The van der Waals surface area contributed by atoms with Crippen LogP contribution in [0.25, 0.3) is 0 Å². The molecule has 1 aromatic carbocycles. The molecule has 0 heterocycles. The summed E-state index contributed by atoms with van der Waals surface area (Å²) in [5.74, 6) is 0. The van der Waals surface area contributed by atoms with Crippen LogP contribution < -0.4 is 0 Å². The Hall–Kier alpha value is -0.920. The lowest BCUT2D eigenvalue weighted by atomic mass is 10.1. The molecule has 66 valence electrons. The van der Waals surface area contributed by atoms with Gasteiger partial charge in [-0.05, 0) is 18.9 Å². The van der Waals surface area contributed by atoms with Gasteiger partial charge in [0.25, 0.3) is 0 Å². The number of rotatable bonds is 3. The molecular weight excluding hydrogens is 158 g/mol. The summed E-state index contributed by atoms with van der Waals surface area (Å²) < 4.78 is 23.6. The SMILES string of the molecule is Cc1ccc(CCC(F)F)cc1. The van der Waals surface area contributed by atoms with Crippen LogP contribution in [0.3, 0.4) is 0 Å². The largest absolute Gasteiger partial charge is 0.239 e. The predicted octanol–water partition coefficient (Wildman–Crippen LogP) is 3.19. The summed E-state index contributed by atoms with van der Waals surface area (Å²) in [7, 11) is 0. The number of halogens is 2. The van der Waals surface area contributed by atoms with E-state index >= 15 is 0 Å². The second-order valence-corrected chi connectivity index (χ2v) is 2.92. The Balaban J connectivity index is 2.48. The maximum Gasteiger partial charge on any atom is 0.239 e. The van der Waals surface area contributed by atoms with Crippen LogP contribution in [0.2, 0.25) is 0 Å². The quantitative estimate of drug-likeness (QED) is 0.653. The first kappa shape index (κ1) is 9.17. The summed E-state index contributed by atoms with van der Waals surface area (Å²) in [5, 5.41) is 0. The molecule has 0 unspecified atom stereocenters. The van der Waals surface area contributed by atoms with Crippen LogP contribution >= 0.6 is 0 Å². The molecule has 0 aliphatic rings. The van der Waals surface area contributed by atoms with Crippen molar-refractivity contribution in [3.8, 4) is 0 Å². The van der Waals surface area contributed by atoms with E-state index in [2.05, 4.69) is 0 Å². The van der Waals surface area contributed by atoms with E-state index in [1.165, 1.54) is 0 Å². The van der Waals surface area contributed by atoms with E-state index in [9.17, 15) is 8.78 Å². The number of aryl methyl sites for hydroxylation is 2. The van der Waals surface area contributed by atoms with Gasteiger partial charge in [-0.2, -0.15) is 0 Å². The summed E-state index contributed by atoms with van der Waals surface area (Å²) in [5.41, 5.74) is 2.15. The molecule has 0 amide bonds. The van der Waals surface area contributed by atoms with E-state index in [-0.39, 0.29) is 6.42 Å². The zero-order valence-electron chi connectivity index (χ0n) is 7.06. The van der Waals surface area contributed by atoms with Crippen LogP contribution in [0.4, 0.5) is 8.78 Å². The Kier molecular flexibility index (Phi) is 3.20. The maximum atomic E-state index is 11.8. The summed E-state index contributed by atoms with van der Waals surface area (Å²) in [6.45, 7) is 1.98. The molecule has 0 spiro atoms. The average Bonchev–Trinajstić information content (AvgIpc) is 2.03. The molecule has 0 saturated carbocycles. The van der Waals surface area contributed by atoms with E-state index in [0.29, 0.717) is 6.42 Å². The fourth-order valence-electron chi connectivity index (χ4n) is 1.03. The summed E-state index contributed by atoms with van der Waals surface area (Å²) in [6, 6.07) is 7.69. The summed E-state index contributed by atoms with van der Waals surface area (Å²) in [6.07, 6.45) is -1.76. The molecule has 12 heavy (non-hydrogen) atoms. The van der Waals surface area contributed by atoms with E-state index < -0.39 is 6.43 Å². The van der Waals surface area contributed by atoms with Crippen LogP contribution in [0.5, 0.6) is 0 Å². The highest BCUT2D eigenvalue weighted by Crippen LogP contribution is 2.09. The van der Waals surface area contributed by atoms with E-state index in [1.54, 1.807) is 0 Å². The van der Waals surface area contributed by atoms with Crippen LogP contribution in [-0.4, -0.2) is 6.43 Å². The minimum atomic E-state index is -2.19. The van der Waals surface area contributed by atoms with Gasteiger partial charge in [-0.25, -0.2) is 8.78 Å². The molecule has 0 aliphatic carbocycles. The normalized spacial score (nSPS) is 10.7. The topological polar surface area (TPSA) is 0 Å². The minimum absolute atomic E-state index is 0.0386. The van der Waals surface area contributed by atoms with Gasteiger partial charge in [0.05, 0.1) is 0 Å². The lowest BCUT2D eigenvalue weighted by molar-refractivity contribution is 0.138. The Morgan fingerprint density at radius 2 is 1.75 bits per heavy atom. The molecule has 0 N–H and O–H groups in total. The number of hydrogen-bond acceptors (Lipinski definition) is 0. The van der Waals surface area contributed by atoms with Gasteiger partial charge in [0.1, 0.15) is 0 Å². The average molecular weight is 170 g/mol. The van der Waals surface area contributed by atoms with Crippen molar-refractivity contribution in [2.75, 3.05) is 0 Å². The van der Waals surface area contributed by atoms with E-state index in [4.69, 9.17) is 0 Å².